The molecule has 0 N–H and O–H groups in total. The predicted octanol–water partition coefficient (Wildman–Crippen LogP) is 14.0. The van der Waals surface area contributed by atoms with E-state index in [1.165, 1.54) is 21.5 Å². The van der Waals surface area contributed by atoms with Gasteiger partial charge < -0.3 is 19.3 Å². The van der Waals surface area contributed by atoms with Crippen molar-refractivity contribution in [3.8, 4) is 23.0 Å². The van der Waals surface area contributed by atoms with Crippen molar-refractivity contribution in [2.75, 3.05) is 9.80 Å². The summed E-state index contributed by atoms with van der Waals surface area (Å²) in [6.07, 6.45) is 0. The Hall–Kier alpha value is -7.04. The molecule has 246 valence electrons. The summed E-state index contributed by atoms with van der Waals surface area (Å²) in [7, 11) is 0. The summed E-state index contributed by atoms with van der Waals surface area (Å²) < 4.78 is 13.6. The second-order valence-electron chi connectivity index (χ2n) is 13.0. The highest BCUT2D eigenvalue weighted by molar-refractivity contribution is 6.06. The third-order valence-corrected chi connectivity index (χ3v) is 9.82. The molecule has 0 saturated carbocycles. The molecule has 0 atom stereocenters. The zero-order valence-corrected chi connectivity index (χ0v) is 28.2. The lowest BCUT2D eigenvalue weighted by Crippen LogP contribution is -2.10. The maximum Gasteiger partial charge on any atom is 0.172 e. The van der Waals surface area contributed by atoms with Gasteiger partial charge in [0.2, 0.25) is 0 Å². The fourth-order valence-electron chi connectivity index (χ4n) is 7.39. The third-order valence-electron chi connectivity index (χ3n) is 9.82. The summed E-state index contributed by atoms with van der Waals surface area (Å²) in [5, 5.41) is 6.73. The van der Waals surface area contributed by atoms with E-state index in [2.05, 4.69) is 186 Å². The van der Waals surface area contributed by atoms with E-state index in [1.807, 2.05) is 18.2 Å². The Morgan fingerprint density at radius 1 is 0.288 bits per heavy atom. The summed E-state index contributed by atoms with van der Waals surface area (Å²) in [5.41, 5.74) is 6.25. The smallest absolute Gasteiger partial charge is 0.172 e. The van der Waals surface area contributed by atoms with Crippen molar-refractivity contribution in [3.05, 3.63) is 194 Å². The number of ether oxygens (including phenoxy) is 2. The highest BCUT2D eigenvalue weighted by atomic mass is 16.5. The van der Waals surface area contributed by atoms with E-state index < -0.39 is 0 Å². The van der Waals surface area contributed by atoms with Crippen LogP contribution in [0.4, 0.5) is 34.1 Å². The first-order valence-corrected chi connectivity index (χ1v) is 17.5. The lowest BCUT2D eigenvalue weighted by atomic mass is 10.0. The lowest BCUT2D eigenvalue weighted by Gasteiger charge is -2.27. The number of hydrogen-bond acceptors (Lipinski definition) is 4. The minimum absolute atomic E-state index is 0.652. The summed E-state index contributed by atoms with van der Waals surface area (Å²) in [6.45, 7) is 0. The molecular weight excluding hydrogens is 637 g/mol. The highest BCUT2D eigenvalue weighted by Gasteiger charge is 2.25. The van der Waals surface area contributed by atoms with Gasteiger partial charge in [0.05, 0.1) is 16.8 Å². The van der Waals surface area contributed by atoms with Crippen LogP contribution in [0.15, 0.2) is 194 Å². The average Bonchev–Trinajstić information content (AvgIpc) is 3.37. The van der Waals surface area contributed by atoms with E-state index in [-0.39, 0.29) is 0 Å². The van der Waals surface area contributed by atoms with Gasteiger partial charge in [-0.15, -0.1) is 0 Å². The van der Waals surface area contributed by atoms with Gasteiger partial charge in [0, 0.05) is 34.2 Å². The van der Waals surface area contributed by atoms with Crippen molar-refractivity contribution in [1.82, 2.24) is 0 Å². The Morgan fingerprint density at radius 2 is 0.788 bits per heavy atom. The molecule has 0 spiro atoms. The Kier molecular flexibility index (Phi) is 7.10. The van der Waals surface area contributed by atoms with Gasteiger partial charge in [0.25, 0.3) is 0 Å². The first-order chi connectivity index (χ1) is 25.8. The molecule has 4 nitrogen and oxygen atoms in total. The van der Waals surface area contributed by atoms with Crippen molar-refractivity contribution in [1.29, 1.82) is 0 Å². The van der Waals surface area contributed by atoms with Crippen LogP contribution in [0.25, 0.3) is 32.3 Å². The molecule has 1 aliphatic heterocycles. The largest absolute Gasteiger partial charge is 0.453 e. The summed E-state index contributed by atoms with van der Waals surface area (Å²) in [5.74, 6) is 2.81. The molecule has 10 rings (SSSR count). The van der Waals surface area contributed by atoms with Crippen LogP contribution in [0.5, 0.6) is 23.0 Å². The van der Waals surface area contributed by atoms with Gasteiger partial charge in [-0.2, -0.15) is 0 Å². The normalized spacial score (nSPS) is 11.8. The number of nitrogens with zero attached hydrogens (tertiary/aromatic N) is 2. The number of benzene rings is 9. The quantitative estimate of drug-likeness (QED) is 0.176. The fraction of sp³-hybridized carbons (Fsp3) is 0. The average molecular weight is 669 g/mol. The first kappa shape index (κ1) is 29.8. The molecule has 0 amide bonds. The topological polar surface area (TPSA) is 24.9 Å². The SMILES string of the molecule is c1ccc(N(c2ccc3c(c2)Oc2cccc4c(N(c5ccccc5)c5ccc6ccccc6c5)ccc(c24)O3)c2ccc3ccccc3c2)cc1. The number of fused-ring (bicyclic) bond motifs is 3. The van der Waals surface area contributed by atoms with Crippen molar-refractivity contribution >= 4 is 66.4 Å². The van der Waals surface area contributed by atoms with Gasteiger partial charge in [-0.1, -0.05) is 109 Å². The molecule has 9 aromatic rings. The van der Waals surface area contributed by atoms with Crippen LogP contribution >= 0.6 is 0 Å². The molecule has 1 aliphatic rings. The maximum atomic E-state index is 6.84. The first-order valence-electron chi connectivity index (χ1n) is 17.5. The molecular formula is C48H32N2O2. The Bertz CT molecular complexity index is 2760. The molecule has 0 bridgehead atoms. The summed E-state index contributed by atoms with van der Waals surface area (Å²) in [4.78, 5) is 4.57. The zero-order chi connectivity index (χ0) is 34.4. The number of rotatable bonds is 6. The standard InChI is InChI=1S/C48H32N2O2/c1-3-16-37(17-4-1)49(39-24-22-33-12-7-9-14-35(33)30-39)41-26-28-44-47(32-41)52-45-21-11-20-42-43(27-29-46(51-44)48(42)45)50(38-18-5-2-6-19-38)40-25-23-34-13-8-10-15-36(34)31-40/h1-32H. The predicted molar refractivity (Wildman–Crippen MR) is 215 cm³/mol. The summed E-state index contributed by atoms with van der Waals surface area (Å²) >= 11 is 0. The molecule has 0 aromatic heterocycles. The van der Waals surface area contributed by atoms with E-state index in [0.29, 0.717) is 11.5 Å². The molecule has 1 heterocycles. The fourth-order valence-corrected chi connectivity index (χ4v) is 7.39. The second-order valence-corrected chi connectivity index (χ2v) is 13.0. The van der Waals surface area contributed by atoms with Crippen LogP contribution in [-0.2, 0) is 0 Å². The van der Waals surface area contributed by atoms with Crippen molar-refractivity contribution < 1.29 is 9.47 Å². The van der Waals surface area contributed by atoms with E-state index in [4.69, 9.17) is 9.47 Å². The molecule has 0 radical (unpaired) electrons. The van der Waals surface area contributed by atoms with Gasteiger partial charge in [-0.25, -0.2) is 0 Å². The number of para-hydroxylation sites is 2. The van der Waals surface area contributed by atoms with Crippen molar-refractivity contribution in [3.63, 3.8) is 0 Å². The molecule has 0 aliphatic carbocycles. The van der Waals surface area contributed by atoms with Gasteiger partial charge >= 0.3 is 0 Å². The van der Waals surface area contributed by atoms with Crippen LogP contribution in [0.2, 0.25) is 0 Å². The Balaban J connectivity index is 1.10. The minimum atomic E-state index is 0.652. The number of hydrogen-bond donors (Lipinski definition) is 0. The van der Waals surface area contributed by atoms with Crippen LogP contribution in [0.1, 0.15) is 0 Å². The van der Waals surface area contributed by atoms with Crippen LogP contribution < -0.4 is 19.3 Å². The zero-order valence-electron chi connectivity index (χ0n) is 28.2. The monoisotopic (exact) mass is 668 g/mol. The Morgan fingerprint density at radius 3 is 1.46 bits per heavy atom. The molecule has 9 aromatic carbocycles. The van der Waals surface area contributed by atoms with E-state index >= 15 is 0 Å². The number of anilines is 6. The lowest BCUT2D eigenvalue weighted by molar-refractivity contribution is 0.439. The van der Waals surface area contributed by atoms with Gasteiger partial charge in [-0.3, -0.25) is 0 Å². The highest BCUT2D eigenvalue weighted by Crippen LogP contribution is 2.51. The maximum absolute atomic E-state index is 6.84. The molecule has 0 fully saturated rings. The molecule has 0 unspecified atom stereocenters. The third kappa shape index (κ3) is 5.17. The van der Waals surface area contributed by atoms with E-state index in [9.17, 15) is 0 Å². The van der Waals surface area contributed by atoms with Crippen LogP contribution in [-0.4, -0.2) is 0 Å². The van der Waals surface area contributed by atoms with Crippen LogP contribution in [0, 0.1) is 0 Å². The van der Waals surface area contributed by atoms with E-state index in [0.717, 1.165) is 56.4 Å². The summed E-state index contributed by atoms with van der Waals surface area (Å²) in [6, 6.07) is 67.7. The van der Waals surface area contributed by atoms with Gasteiger partial charge in [-0.05, 0) is 100 Å². The molecule has 0 saturated heterocycles. The minimum Gasteiger partial charge on any atom is -0.453 e. The van der Waals surface area contributed by atoms with Crippen molar-refractivity contribution in [2.24, 2.45) is 0 Å². The molecule has 52 heavy (non-hydrogen) atoms. The van der Waals surface area contributed by atoms with Gasteiger partial charge in [0.1, 0.15) is 11.5 Å². The van der Waals surface area contributed by atoms with Crippen LogP contribution in [0.3, 0.4) is 0 Å². The van der Waals surface area contributed by atoms with Crippen molar-refractivity contribution in [2.45, 2.75) is 0 Å². The van der Waals surface area contributed by atoms with Gasteiger partial charge in [0.15, 0.2) is 11.5 Å². The Labute approximate surface area is 302 Å². The molecule has 4 heteroatoms. The van der Waals surface area contributed by atoms with E-state index in [1.54, 1.807) is 0 Å². The second kappa shape index (κ2) is 12.4.